The molecule has 0 fully saturated rings. The first-order valence-corrected chi connectivity index (χ1v) is 6.48. The number of methoxy groups -OCH3 is 1. The maximum atomic E-state index is 11.7. The molecule has 15 heavy (non-hydrogen) atoms. The van der Waals surface area contributed by atoms with E-state index in [2.05, 4.69) is 9.71 Å². The smallest absolute Gasteiger partial charge is 0.252 e. The van der Waals surface area contributed by atoms with E-state index in [0.717, 1.165) is 11.3 Å². The van der Waals surface area contributed by atoms with Gasteiger partial charge in [-0.1, -0.05) is 11.3 Å². The lowest BCUT2D eigenvalue weighted by Crippen LogP contribution is -2.35. The van der Waals surface area contributed by atoms with Crippen LogP contribution < -0.4 is 10.5 Å². The Morgan fingerprint density at radius 1 is 1.73 bits per heavy atom. The van der Waals surface area contributed by atoms with E-state index < -0.39 is 10.0 Å². The summed E-state index contributed by atoms with van der Waals surface area (Å²) < 4.78 is 30.7. The molecule has 1 aromatic rings. The molecule has 8 heteroatoms. The number of ether oxygens (including phenoxy) is 1. The van der Waals surface area contributed by atoms with Crippen LogP contribution in [0.2, 0.25) is 0 Å². The van der Waals surface area contributed by atoms with Crippen molar-refractivity contribution in [1.82, 2.24) is 9.71 Å². The maximum Gasteiger partial charge on any atom is 0.252 e. The lowest BCUT2D eigenvalue weighted by atomic mass is 10.4. The first-order chi connectivity index (χ1) is 6.95. The van der Waals surface area contributed by atoms with E-state index in [4.69, 9.17) is 10.5 Å². The SMILES string of the molecule is COCC(C)NS(=O)(=O)c1cnc(N)s1. The van der Waals surface area contributed by atoms with Gasteiger partial charge in [-0.05, 0) is 6.92 Å². The molecule has 3 N–H and O–H groups in total. The minimum Gasteiger partial charge on any atom is -0.383 e. The molecule has 86 valence electrons. The van der Waals surface area contributed by atoms with Crippen LogP contribution in [0.5, 0.6) is 0 Å². The highest BCUT2D eigenvalue weighted by atomic mass is 32.2. The van der Waals surface area contributed by atoms with Crippen molar-refractivity contribution >= 4 is 26.5 Å². The Labute approximate surface area is 92.5 Å². The van der Waals surface area contributed by atoms with Gasteiger partial charge in [0.2, 0.25) is 0 Å². The summed E-state index contributed by atoms with van der Waals surface area (Å²) >= 11 is 0.930. The summed E-state index contributed by atoms with van der Waals surface area (Å²) in [6.45, 7) is 2.03. The number of anilines is 1. The summed E-state index contributed by atoms with van der Waals surface area (Å²) in [7, 11) is -2.01. The quantitative estimate of drug-likeness (QED) is 0.770. The van der Waals surface area contributed by atoms with E-state index in [9.17, 15) is 8.42 Å². The number of rotatable bonds is 5. The topological polar surface area (TPSA) is 94.3 Å². The first kappa shape index (κ1) is 12.4. The van der Waals surface area contributed by atoms with Gasteiger partial charge in [0.1, 0.15) is 0 Å². The second-order valence-corrected chi connectivity index (χ2v) is 6.00. The van der Waals surface area contributed by atoms with E-state index >= 15 is 0 Å². The van der Waals surface area contributed by atoms with Crippen LogP contribution in [0, 0.1) is 0 Å². The number of aromatic nitrogens is 1. The summed E-state index contributed by atoms with van der Waals surface area (Å²) in [6, 6.07) is -0.289. The molecule has 0 aliphatic carbocycles. The predicted molar refractivity (Wildman–Crippen MR) is 58.2 cm³/mol. The summed E-state index contributed by atoms with van der Waals surface area (Å²) in [4.78, 5) is 3.68. The molecule has 0 aliphatic heterocycles. The third-order valence-corrected chi connectivity index (χ3v) is 4.42. The molecule has 0 saturated carbocycles. The molecule has 1 unspecified atom stereocenters. The van der Waals surface area contributed by atoms with Crippen molar-refractivity contribution in [1.29, 1.82) is 0 Å². The number of hydrogen-bond donors (Lipinski definition) is 2. The lowest BCUT2D eigenvalue weighted by Gasteiger charge is -2.11. The average Bonchev–Trinajstić information content (AvgIpc) is 2.51. The summed E-state index contributed by atoms with van der Waals surface area (Å²) in [5, 5.41) is 0.231. The van der Waals surface area contributed by atoms with Gasteiger partial charge in [-0.25, -0.2) is 18.1 Å². The molecule has 1 atom stereocenters. The van der Waals surface area contributed by atoms with Gasteiger partial charge in [0, 0.05) is 13.2 Å². The Morgan fingerprint density at radius 3 is 2.87 bits per heavy atom. The van der Waals surface area contributed by atoms with E-state index in [1.54, 1.807) is 6.92 Å². The van der Waals surface area contributed by atoms with Crippen LogP contribution in [0.3, 0.4) is 0 Å². The molecule has 0 bridgehead atoms. The van der Waals surface area contributed by atoms with E-state index in [1.807, 2.05) is 0 Å². The molecular formula is C7H13N3O3S2. The van der Waals surface area contributed by atoms with Crippen LogP contribution in [-0.4, -0.2) is 33.2 Å². The fourth-order valence-electron chi connectivity index (χ4n) is 1.00. The Bertz CT molecular complexity index is 415. The zero-order valence-electron chi connectivity index (χ0n) is 8.43. The fraction of sp³-hybridized carbons (Fsp3) is 0.571. The molecule has 1 heterocycles. The lowest BCUT2D eigenvalue weighted by molar-refractivity contribution is 0.180. The van der Waals surface area contributed by atoms with E-state index in [-0.39, 0.29) is 15.4 Å². The molecule has 0 saturated heterocycles. The number of thiazole rings is 1. The molecule has 1 aromatic heterocycles. The number of nitrogens with one attached hydrogen (secondary N) is 1. The molecule has 0 aliphatic rings. The molecule has 6 nitrogen and oxygen atoms in total. The summed E-state index contributed by atoms with van der Waals surface area (Å²) in [6.07, 6.45) is 1.24. The number of hydrogen-bond acceptors (Lipinski definition) is 6. The second kappa shape index (κ2) is 4.88. The summed E-state index contributed by atoms with van der Waals surface area (Å²) in [5.74, 6) is 0. The molecule has 0 amide bonds. The van der Waals surface area contributed by atoms with Crippen molar-refractivity contribution < 1.29 is 13.2 Å². The Morgan fingerprint density at radius 2 is 2.40 bits per heavy atom. The average molecular weight is 251 g/mol. The van der Waals surface area contributed by atoms with Crippen molar-refractivity contribution in [2.75, 3.05) is 19.5 Å². The van der Waals surface area contributed by atoms with Crippen LogP contribution in [0.4, 0.5) is 5.13 Å². The second-order valence-electron chi connectivity index (χ2n) is 3.00. The van der Waals surface area contributed by atoms with Gasteiger partial charge in [-0.3, -0.25) is 0 Å². The minimum atomic E-state index is -3.51. The zero-order chi connectivity index (χ0) is 11.5. The van der Waals surface area contributed by atoms with E-state index in [0.29, 0.717) is 6.61 Å². The largest absolute Gasteiger partial charge is 0.383 e. The highest BCUT2D eigenvalue weighted by Gasteiger charge is 2.19. The van der Waals surface area contributed by atoms with Crippen LogP contribution in [0.1, 0.15) is 6.92 Å². The van der Waals surface area contributed by atoms with Crippen LogP contribution in [0.15, 0.2) is 10.4 Å². The van der Waals surface area contributed by atoms with Crippen molar-refractivity contribution in [3.05, 3.63) is 6.20 Å². The number of nitrogen functional groups attached to an aromatic ring is 1. The van der Waals surface area contributed by atoms with Crippen LogP contribution in [-0.2, 0) is 14.8 Å². The third kappa shape index (κ3) is 3.42. The first-order valence-electron chi connectivity index (χ1n) is 4.18. The van der Waals surface area contributed by atoms with Gasteiger partial charge in [0.25, 0.3) is 10.0 Å². The minimum absolute atomic E-state index is 0.114. The van der Waals surface area contributed by atoms with Gasteiger partial charge in [0.05, 0.1) is 12.8 Å². The molecule has 0 spiro atoms. The Hall–Kier alpha value is -0.700. The molecular weight excluding hydrogens is 238 g/mol. The van der Waals surface area contributed by atoms with E-state index in [1.165, 1.54) is 13.3 Å². The van der Waals surface area contributed by atoms with Crippen LogP contribution in [0.25, 0.3) is 0 Å². The van der Waals surface area contributed by atoms with Gasteiger partial charge in [0.15, 0.2) is 9.34 Å². The van der Waals surface area contributed by atoms with Crippen molar-refractivity contribution in [2.24, 2.45) is 0 Å². The Balaban J connectivity index is 2.76. The predicted octanol–water partition coefficient (Wildman–Crippen LogP) is 0.0385. The zero-order valence-corrected chi connectivity index (χ0v) is 10.1. The highest BCUT2D eigenvalue weighted by molar-refractivity contribution is 7.91. The van der Waals surface area contributed by atoms with Gasteiger partial charge in [-0.2, -0.15) is 0 Å². The third-order valence-electron chi connectivity index (χ3n) is 1.54. The molecule has 1 rings (SSSR count). The number of sulfonamides is 1. The van der Waals surface area contributed by atoms with Gasteiger partial charge >= 0.3 is 0 Å². The molecule has 0 radical (unpaired) electrons. The number of nitrogens with two attached hydrogens (primary N) is 1. The van der Waals surface area contributed by atoms with Crippen molar-refractivity contribution in [2.45, 2.75) is 17.2 Å². The summed E-state index contributed by atoms with van der Waals surface area (Å²) in [5.41, 5.74) is 5.36. The van der Waals surface area contributed by atoms with Crippen LogP contribution >= 0.6 is 11.3 Å². The molecule has 0 aromatic carbocycles. The van der Waals surface area contributed by atoms with Gasteiger partial charge in [-0.15, -0.1) is 0 Å². The Kier molecular flexibility index (Phi) is 4.03. The highest BCUT2D eigenvalue weighted by Crippen LogP contribution is 2.19. The fourth-order valence-corrected chi connectivity index (χ4v) is 3.16. The number of nitrogens with zero attached hydrogens (tertiary/aromatic N) is 1. The monoisotopic (exact) mass is 251 g/mol. The normalized spacial score (nSPS) is 14.0. The maximum absolute atomic E-state index is 11.7. The van der Waals surface area contributed by atoms with Crippen molar-refractivity contribution in [3.63, 3.8) is 0 Å². The standard InChI is InChI=1S/C7H13N3O3S2/c1-5(4-13-2)10-15(11,12)6-3-9-7(8)14-6/h3,5,10H,4H2,1-2H3,(H2,8,9). The van der Waals surface area contributed by atoms with Gasteiger partial charge < -0.3 is 10.5 Å². The van der Waals surface area contributed by atoms with Crippen molar-refractivity contribution in [3.8, 4) is 0 Å².